The molecule has 0 aromatic rings. The van der Waals surface area contributed by atoms with E-state index in [0.717, 1.165) is 12.5 Å². The standard InChI is InChI=1S/C15H22O/c1-16-10-12-6-4-8-14-13-7-3-2-5-11(13)9-15(12)14/h12H,2-10H2,1H3. The Bertz CT molecular complexity index is 348. The van der Waals surface area contributed by atoms with Gasteiger partial charge in [-0.3, -0.25) is 0 Å². The lowest BCUT2D eigenvalue weighted by Gasteiger charge is -2.25. The monoisotopic (exact) mass is 218 g/mol. The van der Waals surface area contributed by atoms with Crippen molar-refractivity contribution < 1.29 is 4.74 Å². The Labute approximate surface area is 98.6 Å². The molecule has 1 nitrogen and oxygen atoms in total. The van der Waals surface area contributed by atoms with Gasteiger partial charge in [-0.25, -0.2) is 0 Å². The van der Waals surface area contributed by atoms with Crippen LogP contribution in [0.3, 0.4) is 0 Å². The summed E-state index contributed by atoms with van der Waals surface area (Å²) >= 11 is 0. The Morgan fingerprint density at radius 2 is 1.88 bits per heavy atom. The smallest absolute Gasteiger partial charge is 0.0528 e. The van der Waals surface area contributed by atoms with Gasteiger partial charge in [0.05, 0.1) is 6.61 Å². The van der Waals surface area contributed by atoms with E-state index in [1.807, 2.05) is 7.11 Å². The Hall–Kier alpha value is -0.560. The van der Waals surface area contributed by atoms with Crippen LogP contribution in [0.5, 0.6) is 0 Å². The molecule has 3 aliphatic carbocycles. The van der Waals surface area contributed by atoms with Crippen molar-refractivity contribution in [3.63, 3.8) is 0 Å². The maximum atomic E-state index is 5.39. The van der Waals surface area contributed by atoms with Crippen LogP contribution in [-0.4, -0.2) is 13.7 Å². The highest BCUT2D eigenvalue weighted by Gasteiger charge is 2.32. The van der Waals surface area contributed by atoms with E-state index < -0.39 is 0 Å². The van der Waals surface area contributed by atoms with E-state index in [9.17, 15) is 0 Å². The molecule has 0 saturated carbocycles. The molecule has 0 amide bonds. The molecule has 0 saturated heterocycles. The van der Waals surface area contributed by atoms with E-state index in [4.69, 9.17) is 4.74 Å². The molecule has 3 aliphatic rings. The SMILES string of the molecule is COCC1CCCC2=C1CC1=C2CCCC1. The highest BCUT2D eigenvalue weighted by Crippen LogP contribution is 2.48. The minimum Gasteiger partial charge on any atom is -0.384 e. The highest BCUT2D eigenvalue weighted by molar-refractivity contribution is 5.50. The average Bonchev–Trinajstić information content (AvgIpc) is 2.69. The maximum Gasteiger partial charge on any atom is 0.0528 e. The lowest BCUT2D eigenvalue weighted by Crippen LogP contribution is -2.15. The molecule has 0 radical (unpaired) electrons. The van der Waals surface area contributed by atoms with Crippen LogP contribution >= 0.6 is 0 Å². The fourth-order valence-corrected chi connectivity index (χ4v) is 3.84. The first kappa shape index (κ1) is 10.6. The van der Waals surface area contributed by atoms with Crippen LogP contribution in [-0.2, 0) is 4.74 Å². The summed E-state index contributed by atoms with van der Waals surface area (Å²) in [5.41, 5.74) is 7.10. The predicted octanol–water partition coefficient (Wildman–Crippen LogP) is 4.00. The summed E-state index contributed by atoms with van der Waals surface area (Å²) < 4.78 is 5.39. The number of ether oxygens (including phenoxy) is 1. The van der Waals surface area contributed by atoms with E-state index >= 15 is 0 Å². The van der Waals surface area contributed by atoms with Crippen LogP contribution in [0.15, 0.2) is 22.3 Å². The van der Waals surface area contributed by atoms with Gasteiger partial charge in [0, 0.05) is 13.0 Å². The van der Waals surface area contributed by atoms with Gasteiger partial charge in [-0.2, -0.15) is 0 Å². The number of hydrogen-bond donors (Lipinski definition) is 0. The maximum absolute atomic E-state index is 5.39. The van der Waals surface area contributed by atoms with Crippen LogP contribution in [0.4, 0.5) is 0 Å². The molecule has 1 unspecified atom stereocenters. The zero-order valence-corrected chi connectivity index (χ0v) is 10.3. The molecule has 0 spiro atoms. The highest BCUT2D eigenvalue weighted by atomic mass is 16.5. The fourth-order valence-electron chi connectivity index (χ4n) is 3.84. The van der Waals surface area contributed by atoms with Gasteiger partial charge in [-0.1, -0.05) is 11.1 Å². The quantitative estimate of drug-likeness (QED) is 0.680. The van der Waals surface area contributed by atoms with Gasteiger partial charge in [0.2, 0.25) is 0 Å². The van der Waals surface area contributed by atoms with Crippen molar-refractivity contribution >= 4 is 0 Å². The van der Waals surface area contributed by atoms with Crippen LogP contribution in [0.1, 0.15) is 51.4 Å². The Kier molecular flexibility index (Phi) is 2.89. The van der Waals surface area contributed by atoms with E-state index in [0.29, 0.717) is 0 Å². The number of methoxy groups -OCH3 is 1. The minimum atomic E-state index is 0.736. The summed E-state index contributed by atoms with van der Waals surface area (Å²) in [7, 11) is 1.84. The lowest BCUT2D eigenvalue weighted by atomic mass is 9.82. The van der Waals surface area contributed by atoms with E-state index in [1.54, 1.807) is 22.3 Å². The number of hydrogen-bond acceptors (Lipinski definition) is 1. The van der Waals surface area contributed by atoms with Crippen LogP contribution in [0.25, 0.3) is 0 Å². The first-order valence-corrected chi connectivity index (χ1v) is 6.82. The van der Waals surface area contributed by atoms with Gasteiger partial charge in [-0.15, -0.1) is 0 Å². The number of fused-ring (bicyclic) bond motifs is 1. The normalized spacial score (nSPS) is 29.4. The van der Waals surface area contributed by atoms with Gasteiger partial charge in [0.15, 0.2) is 0 Å². The van der Waals surface area contributed by atoms with Crippen molar-refractivity contribution in [2.24, 2.45) is 5.92 Å². The molecule has 0 aromatic carbocycles. The number of allylic oxidation sites excluding steroid dienone is 3. The Balaban J connectivity index is 1.87. The molecule has 1 heteroatoms. The summed E-state index contributed by atoms with van der Waals surface area (Å²) in [6.45, 7) is 0.944. The number of rotatable bonds is 2. The van der Waals surface area contributed by atoms with Gasteiger partial charge in [0.25, 0.3) is 0 Å². The molecule has 1 atom stereocenters. The largest absolute Gasteiger partial charge is 0.384 e. The molecule has 0 heterocycles. The van der Waals surface area contributed by atoms with Crippen LogP contribution in [0, 0.1) is 5.92 Å². The van der Waals surface area contributed by atoms with E-state index in [1.165, 1.54) is 51.4 Å². The van der Waals surface area contributed by atoms with E-state index in [-0.39, 0.29) is 0 Å². The minimum absolute atomic E-state index is 0.736. The second kappa shape index (κ2) is 4.37. The molecule has 0 aromatic heterocycles. The zero-order valence-electron chi connectivity index (χ0n) is 10.3. The first-order chi connectivity index (χ1) is 7.90. The summed E-state index contributed by atoms with van der Waals surface area (Å²) in [5, 5.41) is 0. The van der Waals surface area contributed by atoms with Crippen molar-refractivity contribution in [3.8, 4) is 0 Å². The lowest BCUT2D eigenvalue weighted by molar-refractivity contribution is 0.157. The van der Waals surface area contributed by atoms with Crippen molar-refractivity contribution in [3.05, 3.63) is 22.3 Å². The summed E-state index contributed by atoms with van der Waals surface area (Å²) in [5.74, 6) is 0.736. The Morgan fingerprint density at radius 1 is 1.06 bits per heavy atom. The zero-order chi connectivity index (χ0) is 11.0. The van der Waals surface area contributed by atoms with E-state index in [2.05, 4.69) is 0 Å². The molecule has 0 bridgehead atoms. The molecular weight excluding hydrogens is 196 g/mol. The summed E-state index contributed by atoms with van der Waals surface area (Å²) in [4.78, 5) is 0. The van der Waals surface area contributed by atoms with Crippen molar-refractivity contribution in [2.75, 3.05) is 13.7 Å². The van der Waals surface area contributed by atoms with Crippen molar-refractivity contribution in [1.29, 1.82) is 0 Å². The van der Waals surface area contributed by atoms with Crippen molar-refractivity contribution in [1.82, 2.24) is 0 Å². The van der Waals surface area contributed by atoms with Crippen LogP contribution in [0.2, 0.25) is 0 Å². The second-order valence-electron chi connectivity index (χ2n) is 5.51. The third-order valence-corrected chi connectivity index (χ3v) is 4.58. The molecule has 0 N–H and O–H groups in total. The third kappa shape index (κ3) is 1.66. The molecule has 3 rings (SSSR count). The molecule has 16 heavy (non-hydrogen) atoms. The van der Waals surface area contributed by atoms with Crippen LogP contribution < -0.4 is 0 Å². The van der Waals surface area contributed by atoms with Gasteiger partial charge >= 0.3 is 0 Å². The summed E-state index contributed by atoms with van der Waals surface area (Å²) in [6.07, 6.45) is 11.0. The topological polar surface area (TPSA) is 9.23 Å². The predicted molar refractivity (Wildman–Crippen MR) is 66.4 cm³/mol. The average molecular weight is 218 g/mol. The molecule has 0 aliphatic heterocycles. The molecule has 88 valence electrons. The van der Waals surface area contributed by atoms with Gasteiger partial charge in [0.1, 0.15) is 0 Å². The fraction of sp³-hybridized carbons (Fsp3) is 0.733. The van der Waals surface area contributed by atoms with Gasteiger partial charge < -0.3 is 4.74 Å². The summed E-state index contributed by atoms with van der Waals surface area (Å²) in [6, 6.07) is 0. The molecular formula is C15H22O. The third-order valence-electron chi connectivity index (χ3n) is 4.58. The molecule has 0 fully saturated rings. The Morgan fingerprint density at radius 3 is 2.75 bits per heavy atom. The van der Waals surface area contributed by atoms with Crippen molar-refractivity contribution in [2.45, 2.75) is 51.4 Å². The second-order valence-corrected chi connectivity index (χ2v) is 5.51. The van der Waals surface area contributed by atoms with Gasteiger partial charge in [-0.05, 0) is 62.5 Å². The first-order valence-electron chi connectivity index (χ1n) is 6.82.